The molecule has 0 unspecified atom stereocenters. The van der Waals surface area contributed by atoms with Crippen molar-refractivity contribution in [2.45, 2.75) is 31.1 Å². The Morgan fingerprint density at radius 1 is 1.50 bits per heavy atom. The van der Waals surface area contributed by atoms with Crippen molar-refractivity contribution in [3.05, 3.63) is 20.8 Å². The van der Waals surface area contributed by atoms with E-state index < -0.39 is 11.4 Å². The molecule has 0 aliphatic heterocycles. The number of rotatable bonds is 2. The van der Waals surface area contributed by atoms with E-state index in [1.165, 1.54) is 0 Å². The van der Waals surface area contributed by atoms with Gasteiger partial charge in [0.05, 0.1) is 0 Å². The maximum atomic E-state index is 11.3. The molecule has 1 aliphatic rings. The van der Waals surface area contributed by atoms with Gasteiger partial charge in [0.15, 0.2) is 0 Å². The highest BCUT2D eigenvalue weighted by Crippen LogP contribution is 2.44. The van der Waals surface area contributed by atoms with Crippen molar-refractivity contribution < 1.29 is 9.90 Å². The van der Waals surface area contributed by atoms with Gasteiger partial charge in [0.25, 0.3) is 0 Å². The van der Waals surface area contributed by atoms with Gasteiger partial charge in [0.2, 0.25) is 0 Å². The van der Waals surface area contributed by atoms with E-state index in [0.717, 1.165) is 35.0 Å². The van der Waals surface area contributed by atoms with Gasteiger partial charge >= 0.3 is 5.97 Å². The lowest BCUT2D eigenvalue weighted by atomic mass is 9.85. The fourth-order valence-electron chi connectivity index (χ4n) is 2.11. The van der Waals surface area contributed by atoms with Crippen molar-refractivity contribution in [2.75, 3.05) is 0 Å². The summed E-state index contributed by atoms with van der Waals surface area (Å²) in [7, 11) is 0. The molecule has 1 N–H and O–H groups in total. The van der Waals surface area contributed by atoms with E-state index in [1.54, 1.807) is 11.3 Å². The second kappa shape index (κ2) is 3.66. The number of carboxylic acids is 1. The van der Waals surface area contributed by atoms with Gasteiger partial charge < -0.3 is 5.11 Å². The fourth-order valence-corrected chi connectivity index (χ4v) is 3.79. The Labute approximate surface area is 95.1 Å². The Balaban J connectivity index is 2.41. The summed E-state index contributed by atoms with van der Waals surface area (Å²) in [5.74, 6) is -0.663. The van der Waals surface area contributed by atoms with E-state index in [1.807, 2.05) is 11.4 Å². The molecule has 1 heterocycles. The molecule has 0 atom stereocenters. The molecule has 0 spiro atoms. The second-order valence-electron chi connectivity index (χ2n) is 3.72. The summed E-state index contributed by atoms with van der Waals surface area (Å²) in [4.78, 5) is 12.3. The first kappa shape index (κ1) is 10.2. The molecule has 0 amide bonds. The number of hydrogen-bond acceptors (Lipinski definition) is 2. The highest BCUT2D eigenvalue weighted by Gasteiger charge is 2.43. The Morgan fingerprint density at radius 3 is 2.57 bits per heavy atom. The average Bonchev–Trinajstić information content (AvgIpc) is 2.71. The Hall–Kier alpha value is -0.350. The van der Waals surface area contributed by atoms with Crippen molar-refractivity contribution in [3.63, 3.8) is 0 Å². The van der Waals surface area contributed by atoms with Crippen LogP contribution in [0, 0.1) is 0 Å². The molecular formula is C10H11BrO2S. The zero-order valence-electron chi connectivity index (χ0n) is 7.62. The van der Waals surface area contributed by atoms with Crippen LogP contribution in [-0.2, 0) is 10.2 Å². The second-order valence-corrected chi connectivity index (χ2v) is 5.55. The maximum Gasteiger partial charge on any atom is 0.314 e. The maximum absolute atomic E-state index is 11.3. The molecular weight excluding hydrogens is 264 g/mol. The third-order valence-corrected chi connectivity index (χ3v) is 4.80. The molecule has 0 bridgehead atoms. The summed E-state index contributed by atoms with van der Waals surface area (Å²) < 4.78 is 0.991. The molecule has 76 valence electrons. The number of thiophene rings is 1. The van der Waals surface area contributed by atoms with Crippen molar-refractivity contribution in [1.82, 2.24) is 0 Å². The van der Waals surface area contributed by atoms with Gasteiger partial charge in [0, 0.05) is 14.7 Å². The number of hydrogen-bond donors (Lipinski definition) is 1. The normalized spacial score (nSPS) is 19.8. The van der Waals surface area contributed by atoms with Crippen molar-refractivity contribution in [2.24, 2.45) is 0 Å². The number of carboxylic acid groups (broad SMARTS) is 1. The van der Waals surface area contributed by atoms with Crippen molar-refractivity contribution in [3.8, 4) is 0 Å². The minimum absolute atomic E-state index is 0.587. The number of carbonyl (C=O) groups is 1. The first-order valence-corrected chi connectivity index (χ1v) is 6.30. The van der Waals surface area contributed by atoms with E-state index in [-0.39, 0.29) is 0 Å². The summed E-state index contributed by atoms with van der Waals surface area (Å²) in [5, 5.41) is 11.3. The molecule has 14 heavy (non-hydrogen) atoms. The first-order valence-electron chi connectivity index (χ1n) is 4.63. The van der Waals surface area contributed by atoms with E-state index in [4.69, 9.17) is 0 Å². The Bertz CT molecular complexity index is 353. The molecule has 1 aromatic rings. The van der Waals surface area contributed by atoms with Gasteiger partial charge in [-0.1, -0.05) is 12.8 Å². The average molecular weight is 275 g/mol. The Kier molecular flexibility index (Phi) is 2.66. The summed E-state index contributed by atoms with van der Waals surface area (Å²) in [5.41, 5.74) is -0.587. The van der Waals surface area contributed by atoms with Crippen LogP contribution in [-0.4, -0.2) is 11.1 Å². The highest BCUT2D eigenvalue weighted by atomic mass is 79.9. The van der Waals surface area contributed by atoms with Crippen LogP contribution in [0.15, 0.2) is 15.9 Å². The molecule has 1 aliphatic carbocycles. The number of halogens is 1. The molecule has 4 heteroatoms. The Morgan fingerprint density at radius 2 is 2.14 bits per heavy atom. The van der Waals surface area contributed by atoms with E-state index in [9.17, 15) is 9.90 Å². The van der Waals surface area contributed by atoms with Gasteiger partial charge in [-0.3, -0.25) is 4.79 Å². The first-order chi connectivity index (χ1) is 6.65. The predicted molar refractivity (Wildman–Crippen MR) is 59.8 cm³/mol. The third kappa shape index (κ3) is 1.50. The molecule has 0 saturated heterocycles. The van der Waals surface area contributed by atoms with Crippen LogP contribution < -0.4 is 0 Å². The van der Waals surface area contributed by atoms with Crippen LogP contribution >= 0.6 is 27.3 Å². The lowest BCUT2D eigenvalue weighted by molar-refractivity contribution is -0.143. The van der Waals surface area contributed by atoms with Gasteiger partial charge in [-0.05, 0) is 34.8 Å². The van der Waals surface area contributed by atoms with Gasteiger partial charge in [0.1, 0.15) is 5.41 Å². The lowest BCUT2D eigenvalue weighted by Crippen LogP contribution is -2.31. The molecule has 1 aromatic heterocycles. The van der Waals surface area contributed by atoms with Gasteiger partial charge in [-0.15, -0.1) is 11.3 Å². The topological polar surface area (TPSA) is 37.3 Å². The predicted octanol–water partition coefficient (Wildman–Crippen LogP) is 3.41. The molecule has 1 saturated carbocycles. The van der Waals surface area contributed by atoms with E-state index in [2.05, 4.69) is 15.9 Å². The van der Waals surface area contributed by atoms with Crippen LogP contribution in [0.4, 0.5) is 0 Å². The molecule has 2 rings (SSSR count). The molecule has 0 aromatic carbocycles. The highest BCUT2D eigenvalue weighted by molar-refractivity contribution is 9.10. The molecule has 0 radical (unpaired) electrons. The largest absolute Gasteiger partial charge is 0.481 e. The summed E-state index contributed by atoms with van der Waals surface area (Å²) in [6.07, 6.45) is 3.63. The molecule has 1 fully saturated rings. The summed E-state index contributed by atoms with van der Waals surface area (Å²) in [6, 6.07) is 1.95. The lowest BCUT2D eigenvalue weighted by Gasteiger charge is -2.21. The van der Waals surface area contributed by atoms with Crippen LogP contribution in [0.3, 0.4) is 0 Å². The third-order valence-electron chi connectivity index (χ3n) is 2.91. The minimum Gasteiger partial charge on any atom is -0.481 e. The van der Waals surface area contributed by atoms with Crippen LogP contribution in [0.2, 0.25) is 0 Å². The fraction of sp³-hybridized carbons (Fsp3) is 0.500. The standard InChI is InChI=1S/C10H11BrO2S/c11-7-5-8(14-6-7)10(9(12)13)3-1-2-4-10/h5-6H,1-4H2,(H,12,13). The molecule has 2 nitrogen and oxygen atoms in total. The van der Waals surface area contributed by atoms with Crippen molar-refractivity contribution in [1.29, 1.82) is 0 Å². The minimum atomic E-state index is -0.663. The van der Waals surface area contributed by atoms with E-state index in [0.29, 0.717) is 0 Å². The smallest absolute Gasteiger partial charge is 0.314 e. The van der Waals surface area contributed by atoms with Crippen LogP contribution in [0.1, 0.15) is 30.6 Å². The van der Waals surface area contributed by atoms with E-state index >= 15 is 0 Å². The van der Waals surface area contributed by atoms with Crippen molar-refractivity contribution >= 4 is 33.2 Å². The summed E-state index contributed by atoms with van der Waals surface area (Å²) in [6.45, 7) is 0. The van der Waals surface area contributed by atoms with Gasteiger partial charge in [-0.25, -0.2) is 0 Å². The SMILES string of the molecule is O=C(O)C1(c2cc(Br)cs2)CCCC1. The zero-order valence-corrected chi connectivity index (χ0v) is 10.0. The zero-order chi connectivity index (χ0) is 10.2. The van der Waals surface area contributed by atoms with Gasteiger partial charge in [-0.2, -0.15) is 0 Å². The van der Waals surface area contributed by atoms with Crippen LogP contribution in [0.25, 0.3) is 0 Å². The number of aliphatic carboxylic acids is 1. The quantitative estimate of drug-likeness (QED) is 0.898. The summed E-state index contributed by atoms with van der Waals surface area (Å²) >= 11 is 4.92. The van der Waals surface area contributed by atoms with Crippen LogP contribution in [0.5, 0.6) is 0 Å². The monoisotopic (exact) mass is 274 g/mol.